The molecule has 5 heteroatoms. The minimum atomic E-state index is -0.129. The van der Waals surface area contributed by atoms with Crippen LogP contribution in [-0.4, -0.2) is 14.5 Å². The average molecular weight is 252 g/mol. The molecule has 2 heterocycles. The molecule has 3 aromatic rings. The summed E-state index contributed by atoms with van der Waals surface area (Å²) in [5.74, 6) is 0.468. The number of nitrogens with two attached hydrogens (primary N) is 1. The van der Waals surface area contributed by atoms with Gasteiger partial charge in [0, 0.05) is 6.20 Å². The quantitative estimate of drug-likeness (QED) is 0.748. The Morgan fingerprint density at radius 2 is 1.89 bits per heavy atom. The monoisotopic (exact) mass is 252 g/mol. The van der Waals surface area contributed by atoms with Crippen LogP contribution >= 0.6 is 0 Å². The number of nitrogens with zero attached hydrogens (tertiary/aromatic N) is 3. The molecule has 0 spiro atoms. The van der Waals surface area contributed by atoms with Gasteiger partial charge in [0.05, 0.1) is 23.8 Å². The summed E-state index contributed by atoms with van der Waals surface area (Å²) in [5, 5.41) is 0. The molecular weight excluding hydrogens is 240 g/mol. The van der Waals surface area contributed by atoms with Crippen molar-refractivity contribution in [2.75, 3.05) is 5.73 Å². The van der Waals surface area contributed by atoms with Gasteiger partial charge in [0.2, 0.25) is 0 Å². The molecule has 2 N–H and O–H groups in total. The number of anilines is 1. The molecule has 0 unspecified atom stereocenters. The Morgan fingerprint density at radius 3 is 2.68 bits per heavy atom. The molecule has 0 saturated carbocycles. The highest BCUT2D eigenvalue weighted by molar-refractivity contribution is 5.74. The van der Waals surface area contributed by atoms with Gasteiger partial charge in [0.25, 0.3) is 5.56 Å². The van der Waals surface area contributed by atoms with E-state index in [1.54, 1.807) is 16.8 Å². The van der Waals surface area contributed by atoms with Gasteiger partial charge in [-0.1, -0.05) is 18.2 Å². The van der Waals surface area contributed by atoms with E-state index >= 15 is 0 Å². The second kappa shape index (κ2) is 4.53. The van der Waals surface area contributed by atoms with Crippen LogP contribution in [0, 0.1) is 0 Å². The smallest absolute Gasteiger partial charge is 0.269 e. The van der Waals surface area contributed by atoms with Crippen LogP contribution in [0.3, 0.4) is 0 Å². The van der Waals surface area contributed by atoms with Crippen molar-refractivity contribution in [3.63, 3.8) is 0 Å². The molecule has 0 saturated heterocycles. The first-order chi connectivity index (χ1) is 9.24. The zero-order valence-electron chi connectivity index (χ0n) is 10.2. The van der Waals surface area contributed by atoms with Gasteiger partial charge in [-0.25, -0.2) is 9.97 Å². The van der Waals surface area contributed by atoms with Crippen molar-refractivity contribution in [2.24, 2.45) is 0 Å². The standard InChI is InChI=1S/C14H12N4O/c15-13-6-5-10(7-17-13)9-18-12-4-2-1-3-11(12)16-8-14(18)19/h1-8H,9H2,(H2,15,17). The van der Waals surface area contributed by atoms with Crippen molar-refractivity contribution >= 4 is 16.9 Å². The fourth-order valence-corrected chi connectivity index (χ4v) is 1.99. The highest BCUT2D eigenvalue weighted by Gasteiger charge is 2.04. The molecule has 94 valence electrons. The van der Waals surface area contributed by atoms with E-state index in [2.05, 4.69) is 9.97 Å². The number of rotatable bonds is 2. The van der Waals surface area contributed by atoms with E-state index in [4.69, 9.17) is 5.73 Å². The van der Waals surface area contributed by atoms with E-state index in [-0.39, 0.29) is 5.56 Å². The highest BCUT2D eigenvalue weighted by atomic mass is 16.1. The van der Waals surface area contributed by atoms with Crippen LogP contribution < -0.4 is 11.3 Å². The Hall–Kier alpha value is -2.69. The van der Waals surface area contributed by atoms with Crippen LogP contribution in [0.5, 0.6) is 0 Å². The maximum Gasteiger partial charge on any atom is 0.269 e. The van der Waals surface area contributed by atoms with E-state index in [9.17, 15) is 4.79 Å². The lowest BCUT2D eigenvalue weighted by Crippen LogP contribution is -2.21. The predicted octanol–water partition coefficient (Wildman–Crippen LogP) is 1.42. The fraction of sp³-hybridized carbons (Fsp3) is 0.0714. The zero-order chi connectivity index (χ0) is 13.2. The molecule has 0 aliphatic heterocycles. The second-order valence-electron chi connectivity index (χ2n) is 4.26. The number of hydrogen-bond donors (Lipinski definition) is 1. The van der Waals surface area contributed by atoms with Gasteiger partial charge in [0.15, 0.2) is 0 Å². The lowest BCUT2D eigenvalue weighted by molar-refractivity contribution is 0.783. The second-order valence-corrected chi connectivity index (χ2v) is 4.26. The Balaban J connectivity index is 2.12. The number of fused-ring (bicyclic) bond motifs is 1. The van der Waals surface area contributed by atoms with Crippen molar-refractivity contribution in [2.45, 2.75) is 6.54 Å². The molecule has 0 atom stereocenters. The van der Waals surface area contributed by atoms with Gasteiger partial charge in [-0.3, -0.25) is 4.79 Å². The van der Waals surface area contributed by atoms with Crippen LogP contribution in [0.15, 0.2) is 53.6 Å². The first-order valence-corrected chi connectivity index (χ1v) is 5.89. The van der Waals surface area contributed by atoms with Crippen LogP contribution in [-0.2, 0) is 6.54 Å². The lowest BCUT2D eigenvalue weighted by atomic mass is 10.2. The number of aromatic nitrogens is 3. The maximum absolute atomic E-state index is 12.0. The van der Waals surface area contributed by atoms with Crippen LogP contribution in [0.25, 0.3) is 11.0 Å². The van der Waals surface area contributed by atoms with Crippen molar-refractivity contribution in [1.29, 1.82) is 0 Å². The normalized spacial score (nSPS) is 10.7. The minimum Gasteiger partial charge on any atom is -0.384 e. The number of hydrogen-bond acceptors (Lipinski definition) is 4. The summed E-state index contributed by atoms with van der Waals surface area (Å²) in [5.41, 5.74) is 7.95. The van der Waals surface area contributed by atoms with E-state index < -0.39 is 0 Å². The number of para-hydroxylation sites is 2. The van der Waals surface area contributed by atoms with Crippen LogP contribution in [0.2, 0.25) is 0 Å². The average Bonchev–Trinajstić information content (AvgIpc) is 2.44. The summed E-state index contributed by atoms with van der Waals surface area (Å²) >= 11 is 0. The Labute approximate surface area is 109 Å². The summed E-state index contributed by atoms with van der Waals surface area (Å²) in [6, 6.07) is 11.1. The van der Waals surface area contributed by atoms with Crippen molar-refractivity contribution < 1.29 is 0 Å². The molecule has 3 rings (SSSR count). The zero-order valence-corrected chi connectivity index (χ0v) is 10.2. The highest BCUT2D eigenvalue weighted by Crippen LogP contribution is 2.10. The summed E-state index contributed by atoms with van der Waals surface area (Å²) in [6.07, 6.45) is 3.02. The molecule has 5 nitrogen and oxygen atoms in total. The first-order valence-electron chi connectivity index (χ1n) is 5.89. The number of benzene rings is 1. The van der Waals surface area contributed by atoms with E-state index in [1.165, 1.54) is 6.20 Å². The first kappa shape index (κ1) is 11.4. The van der Waals surface area contributed by atoms with Crippen LogP contribution in [0.1, 0.15) is 5.56 Å². The topological polar surface area (TPSA) is 73.8 Å². The minimum absolute atomic E-state index is 0.129. The summed E-state index contributed by atoms with van der Waals surface area (Å²) < 4.78 is 1.68. The Bertz CT molecular complexity index is 777. The van der Waals surface area contributed by atoms with Gasteiger partial charge < -0.3 is 10.3 Å². The summed E-state index contributed by atoms with van der Waals surface area (Å²) in [4.78, 5) is 20.1. The number of pyridine rings is 1. The molecule has 0 amide bonds. The summed E-state index contributed by atoms with van der Waals surface area (Å²) in [7, 11) is 0. The Kier molecular flexibility index (Phi) is 2.72. The molecule has 0 aliphatic rings. The molecular formula is C14H12N4O. The third-order valence-corrected chi connectivity index (χ3v) is 2.94. The van der Waals surface area contributed by atoms with E-state index in [0.29, 0.717) is 12.4 Å². The van der Waals surface area contributed by atoms with E-state index in [1.807, 2.05) is 30.3 Å². The fourth-order valence-electron chi connectivity index (χ4n) is 1.99. The predicted molar refractivity (Wildman–Crippen MR) is 73.8 cm³/mol. The largest absolute Gasteiger partial charge is 0.384 e. The van der Waals surface area contributed by atoms with Crippen molar-refractivity contribution in [3.8, 4) is 0 Å². The molecule has 0 aliphatic carbocycles. The van der Waals surface area contributed by atoms with Gasteiger partial charge in [0.1, 0.15) is 5.82 Å². The lowest BCUT2D eigenvalue weighted by Gasteiger charge is -2.09. The van der Waals surface area contributed by atoms with Gasteiger partial charge in [-0.05, 0) is 23.8 Å². The molecule has 0 bridgehead atoms. The third kappa shape index (κ3) is 2.18. The molecule has 19 heavy (non-hydrogen) atoms. The molecule has 1 aromatic carbocycles. The SMILES string of the molecule is Nc1ccc(Cn2c(=O)cnc3ccccc32)cn1. The van der Waals surface area contributed by atoms with Crippen molar-refractivity contribution in [3.05, 3.63) is 64.7 Å². The molecule has 0 fully saturated rings. The number of nitrogen functional groups attached to an aromatic ring is 1. The summed E-state index contributed by atoms with van der Waals surface area (Å²) in [6.45, 7) is 0.454. The van der Waals surface area contributed by atoms with Crippen molar-refractivity contribution in [1.82, 2.24) is 14.5 Å². The molecule has 0 radical (unpaired) electrons. The van der Waals surface area contributed by atoms with Gasteiger partial charge in [-0.2, -0.15) is 0 Å². The van der Waals surface area contributed by atoms with Gasteiger partial charge in [-0.15, -0.1) is 0 Å². The van der Waals surface area contributed by atoms with Crippen LogP contribution in [0.4, 0.5) is 5.82 Å². The Morgan fingerprint density at radius 1 is 1.05 bits per heavy atom. The van der Waals surface area contributed by atoms with Gasteiger partial charge >= 0.3 is 0 Å². The third-order valence-electron chi connectivity index (χ3n) is 2.94. The maximum atomic E-state index is 12.0. The molecule has 2 aromatic heterocycles. The van der Waals surface area contributed by atoms with E-state index in [0.717, 1.165) is 16.6 Å².